The van der Waals surface area contributed by atoms with Gasteiger partial charge in [0.15, 0.2) is 6.23 Å². The van der Waals surface area contributed by atoms with Crippen molar-refractivity contribution in [3.63, 3.8) is 0 Å². The fourth-order valence-corrected chi connectivity index (χ4v) is 3.19. The van der Waals surface area contributed by atoms with E-state index in [9.17, 15) is 14.5 Å². The number of halogens is 1. The first-order valence-corrected chi connectivity index (χ1v) is 8.02. The molecule has 1 saturated heterocycles. The van der Waals surface area contributed by atoms with Gasteiger partial charge in [-0.2, -0.15) is 5.10 Å². The number of rotatable bonds is 3. The molecule has 1 aliphatic heterocycles. The third-order valence-electron chi connectivity index (χ3n) is 4.40. The summed E-state index contributed by atoms with van der Waals surface area (Å²) in [6.07, 6.45) is 6.54. The van der Waals surface area contributed by atoms with Crippen molar-refractivity contribution < 1.29 is 14.1 Å². The molecule has 1 aromatic carbocycles. The Kier molecular flexibility index (Phi) is 3.89. The average molecular weight is 342 g/mol. The number of benzene rings is 1. The van der Waals surface area contributed by atoms with Crippen LogP contribution in [0.5, 0.6) is 0 Å². The first kappa shape index (κ1) is 15.6. The maximum absolute atomic E-state index is 14.1. The number of nitrogens with zero attached hydrogens (tertiary/aromatic N) is 4. The summed E-state index contributed by atoms with van der Waals surface area (Å²) in [4.78, 5) is 14.8. The van der Waals surface area contributed by atoms with Crippen LogP contribution in [0.1, 0.15) is 25.5 Å². The van der Waals surface area contributed by atoms with Gasteiger partial charge in [-0.05, 0) is 37.0 Å². The quantitative estimate of drug-likeness (QED) is 0.533. The highest BCUT2D eigenvalue weighted by Crippen LogP contribution is 2.35. The fourth-order valence-electron chi connectivity index (χ4n) is 3.19. The van der Waals surface area contributed by atoms with E-state index in [0.29, 0.717) is 23.1 Å². The van der Waals surface area contributed by atoms with Crippen LogP contribution in [0.2, 0.25) is 0 Å². The van der Waals surface area contributed by atoms with E-state index in [1.54, 1.807) is 10.7 Å². The lowest BCUT2D eigenvalue weighted by atomic mass is 10.0. The van der Waals surface area contributed by atoms with Gasteiger partial charge in [0.25, 0.3) is 5.69 Å². The summed E-state index contributed by atoms with van der Waals surface area (Å²) >= 11 is 0. The van der Waals surface area contributed by atoms with Crippen molar-refractivity contribution in [1.82, 2.24) is 14.8 Å². The molecule has 0 N–H and O–H groups in total. The summed E-state index contributed by atoms with van der Waals surface area (Å²) in [5, 5.41) is 16.2. The number of fused-ring (bicyclic) bond motifs is 1. The zero-order chi connectivity index (χ0) is 17.4. The van der Waals surface area contributed by atoms with Gasteiger partial charge in [-0.1, -0.05) is 0 Å². The van der Waals surface area contributed by atoms with Crippen LogP contribution in [-0.4, -0.2) is 26.3 Å². The van der Waals surface area contributed by atoms with Gasteiger partial charge < -0.3 is 4.74 Å². The van der Waals surface area contributed by atoms with Gasteiger partial charge in [0, 0.05) is 24.4 Å². The normalized spacial score (nSPS) is 17.7. The molecule has 3 aromatic rings. The van der Waals surface area contributed by atoms with E-state index in [2.05, 4.69) is 10.1 Å². The zero-order valence-corrected chi connectivity index (χ0v) is 13.3. The molecule has 0 aliphatic carbocycles. The summed E-state index contributed by atoms with van der Waals surface area (Å²) < 4.78 is 21.5. The number of pyridine rings is 1. The Morgan fingerprint density at radius 1 is 1.32 bits per heavy atom. The Morgan fingerprint density at radius 3 is 2.92 bits per heavy atom. The summed E-state index contributed by atoms with van der Waals surface area (Å²) in [5.41, 5.74) is 1.13. The summed E-state index contributed by atoms with van der Waals surface area (Å²) in [6, 6.07) is 4.58. The van der Waals surface area contributed by atoms with Crippen molar-refractivity contribution in [2.45, 2.75) is 25.5 Å². The van der Waals surface area contributed by atoms with E-state index in [-0.39, 0.29) is 17.5 Å². The van der Waals surface area contributed by atoms with Crippen LogP contribution in [0.15, 0.2) is 36.8 Å². The Morgan fingerprint density at radius 2 is 2.20 bits per heavy atom. The number of aromatic nitrogens is 3. The molecule has 25 heavy (non-hydrogen) atoms. The van der Waals surface area contributed by atoms with E-state index < -0.39 is 10.7 Å². The van der Waals surface area contributed by atoms with E-state index >= 15 is 0 Å². The van der Waals surface area contributed by atoms with Gasteiger partial charge in [-0.25, -0.2) is 9.07 Å². The van der Waals surface area contributed by atoms with Crippen LogP contribution >= 0.6 is 0 Å². The van der Waals surface area contributed by atoms with Crippen molar-refractivity contribution in [2.75, 3.05) is 6.61 Å². The van der Waals surface area contributed by atoms with Crippen LogP contribution in [-0.2, 0) is 4.74 Å². The van der Waals surface area contributed by atoms with Crippen molar-refractivity contribution >= 4 is 16.6 Å². The Balaban J connectivity index is 1.93. The summed E-state index contributed by atoms with van der Waals surface area (Å²) in [5.74, 6) is -0.531. The third kappa shape index (κ3) is 2.74. The number of hydrogen-bond donors (Lipinski definition) is 0. The lowest BCUT2D eigenvalue weighted by Crippen LogP contribution is -2.19. The SMILES string of the molecule is O=[N+]([O-])c1cc(-c2ccncc2F)cc2c1cnn2C1CCCCO1. The first-order chi connectivity index (χ1) is 12.1. The van der Waals surface area contributed by atoms with Crippen LogP contribution < -0.4 is 0 Å². The van der Waals surface area contributed by atoms with E-state index in [1.807, 2.05) is 0 Å². The molecule has 0 radical (unpaired) electrons. The predicted molar refractivity (Wildman–Crippen MR) is 88.4 cm³/mol. The standard InChI is InChI=1S/C17H15FN4O3/c18-14-10-19-5-4-12(14)11-7-15-13(16(8-11)22(23)24)9-20-21(15)17-3-1-2-6-25-17/h4-5,7-10,17H,1-3,6H2. The molecule has 3 heterocycles. The molecule has 0 spiro atoms. The molecule has 0 amide bonds. The first-order valence-electron chi connectivity index (χ1n) is 8.02. The number of nitro benzene ring substituents is 1. The molecule has 0 saturated carbocycles. The fraction of sp³-hybridized carbons (Fsp3) is 0.294. The summed E-state index contributed by atoms with van der Waals surface area (Å²) in [7, 11) is 0. The minimum Gasteiger partial charge on any atom is -0.356 e. The van der Waals surface area contributed by atoms with E-state index in [4.69, 9.17) is 4.74 Å². The minimum absolute atomic E-state index is 0.106. The predicted octanol–water partition coefficient (Wildman–Crippen LogP) is 3.84. The molecular weight excluding hydrogens is 327 g/mol. The van der Waals surface area contributed by atoms with Crippen molar-refractivity contribution in [2.24, 2.45) is 0 Å². The second-order valence-corrected chi connectivity index (χ2v) is 5.95. The molecule has 1 aliphatic rings. The lowest BCUT2D eigenvalue weighted by molar-refractivity contribution is -0.383. The zero-order valence-electron chi connectivity index (χ0n) is 13.3. The number of nitro groups is 1. The molecule has 1 fully saturated rings. The highest BCUT2D eigenvalue weighted by molar-refractivity contribution is 5.92. The minimum atomic E-state index is -0.531. The second kappa shape index (κ2) is 6.21. The van der Waals surface area contributed by atoms with Crippen molar-refractivity contribution in [3.05, 3.63) is 52.7 Å². The molecule has 7 nitrogen and oxygen atoms in total. The Hall–Kier alpha value is -2.87. The Bertz CT molecular complexity index is 950. The Labute approximate surface area is 142 Å². The molecule has 1 unspecified atom stereocenters. The highest BCUT2D eigenvalue weighted by atomic mass is 19.1. The molecule has 128 valence electrons. The maximum atomic E-state index is 14.1. The van der Waals surface area contributed by atoms with E-state index in [1.165, 1.54) is 24.5 Å². The maximum Gasteiger partial charge on any atom is 0.281 e. The highest BCUT2D eigenvalue weighted by Gasteiger charge is 2.24. The van der Waals surface area contributed by atoms with Crippen LogP contribution in [0.4, 0.5) is 10.1 Å². The molecule has 0 bridgehead atoms. The van der Waals surface area contributed by atoms with Gasteiger partial charge >= 0.3 is 0 Å². The lowest BCUT2D eigenvalue weighted by Gasteiger charge is -2.23. The van der Waals surface area contributed by atoms with E-state index in [0.717, 1.165) is 25.5 Å². The second-order valence-electron chi connectivity index (χ2n) is 5.95. The summed E-state index contributed by atoms with van der Waals surface area (Å²) in [6.45, 7) is 0.632. The molecule has 1 atom stereocenters. The van der Waals surface area contributed by atoms with Gasteiger partial charge in [0.1, 0.15) is 5.82 Å². The number of hydrogen-bond acceptors (Lipinski definition) is 5. The molecule has 2 aromatic heterocycles. The molecule has 4 rings (SSSR count). The van der Waals surface area contributed by atoms with Gasteiger partial charge in [-0.3, -0.25) is 15.1 Å². The smallest absolute Gasteiger partial charge is 0.281 e. The number of non-ortho nitro benzene ring substituents is 1. The van der Waals surface area contributed by atoms with Crippen LogP contribution in [0.3, 0.4) is 0 Å². The van der Waals surface area contributed by atoms with Gasteiger partial charge in [-0.15, -0.1) is 0 Å². The third-order valence-corrected chi connectivity index (χ3v) is 4.40. The topological polar surface area (TPSA) is 83.1 Å². The van der Waals surface area contributed by atoms with Crippen LogP contribution in [0.25, 0.3) is 22.0 Å². The van der Waals surface area contributed by atoms with Crippen LogP contribution in [0, 0.1) is 15.9 Å². The van der Waals surface area contributed by atoms with Crippen molar-refractivity contribution in [3.8, 4) is 11.1 Å². The molecular formula is C17H15FN4O3. The molecule has 8 heteroatoms. The largest absolute Gasteiger partial charge is 0.356 e. The van der Waals surface area contributed by atoms with Crippen molar-refractivity contribution in [1.29, 1.82) is 0 Å². The van der Waals surface area contributed by atoms with Gasteiger partial charge in [0.05, 0.1) is 28.2 Å². The number of ether oxygens (including phenoxy) is 1. The van der Waals surface area contributed by atoms with Gasteiger partial charge in [0.2, 0.25) is 0 Å². The monoisotopic (exact) mass is 342 g/mol. The average Bonchev–Trinajstić information content (AvgIpc) is 3.06.